The predicted molar refractivity (Wildman–Crippen MR) is 77.1 cm³/mol. The molecule has 20 heavy (non-hydrogen) atoms. The van der Waals surface area contributed by atoms with Crippen LogP contribution >= 0.6 is 0 Å². The zero-order valence-corrected chi connectivity index (χ0v) is 11.9. The van der Waals surface area contributed by atoms with Gasteiger partial charge in [-0.3, -0.25) is 9.29 Å². The van der Waals surface area contributed by atoms with Gasteiger partial charge in [0.15, 0.2) is 11.5 Å². The van der Waals surface area contributed by atoms with Gasteiger partial charge in [0, 0.05) is 32.2 Å². The number of ether oxygens (including phenoxy) is 1. The van der Waals surface area contributed by atoms with Crippen LogP contribution < -0.4 is 10.1 Å². The van der Waals surface area contributed by atoms with Crippen molar-refractivity contribution >= 4 is 0 Å². The number of benzene rings is 1. The molecule has 1 aromatic carbocycles. The molecule has 1 fully saturated rings. The van der Waals surface area contributed by atoms with Crippen molar-refractivity contribution in [1.82, 2.24) is 10.2 Å². The molecule has 0 amide bonds. The van der Waals surface area contributed by atoms with Gasteiger partial charge in [-0.15, -0.1) is 0 Å². The SMILES string of the molecule is CCOc1cc([C@H](CCF)N2CCNCC2)ccc1O. The number of aromatic hydroxyl groups is 1. The van der Waals surface area contributed by atoms with Crippen molar-refractivity contribution in [2.24, 2.45) is 0 Å². The standard InChI is InChI=1S/C15H23FN2O2/c1-2-20-15-11-12(3-4-14(15)19)13(5-6-16)18-9-7-17-8-10-18/h3-4,11,13,17,19H,2,5-10H2,1H3/t13-/m0/s1. The van der Waals surface area contributed by atoms with Crippen molar-refractivity contribution in [2.45, 2.75) is 19.4 Å². The van der Waals surface area contributed by atoms with E-state index in [0.717, 1.165) is 31.7 Å². The first kappa shape index (κ1) is 15.1. The lowest BCUT2D eigenvalue weighted by Gasteiger charge is -2.35. The van der Waals surface area contributed by atoms with Crippen LogP contribution in [0.4, 0.5) is 4.39 Å². The van der Waals surface area contributed by atoms with E-state index in [1.165, 1.54) is 0 Å². The third-order valence-corrected chi connectivity index (χ3v) is 3.64. The molecule has 2 rings (SSSR count). The quantitative estimate of drug-likeness (QED) is 0.838. The first-order valence-corrected chi connectivity index (χ1v) is 7.22. The Kier molecular flexibility index (Phi) is 5.61. The molecule has 1 aliphatic heterocycles. The highest BCUT2D eigenvalue weighted by Gasteiger charge is 2.22. The summed E-state index contributed by atoms with van der Waals surface area (Å²) in [7, 11) is 0. The molecule has 1 heterocycles. The molecule has 0 saturated carbocycles. The third-order valence-electron chi connectivity index (χ3n) is 3.64. The van der Waals surface area contributed by atoms with Gasteiger partial charge in [-0.2, -0.15) is 0 Å². The van der Waals surface area contributed by atoms with Gasteiger partial charge < -0.3 is 15.2 Å². The second-order valence-electron chi connectivity index (χ2n) is 4.94. The molecule has 0 aromatic heterocycles. The van der Waals surface area contributed by atoms with Crippen molar-refractivity contribution < 1.29 is 14.2 Å². The number of alkyl halides is 1. The Morgan fingerprint density at radius 2 is 2.15 bits per heavy atom. The molecule has 1 aromatic rings. The molecule has 4 nitrogen and oxygen atoms in total. The highest BCUT2D eigenvalue weighted by molar-refractivity contribution is 5.42. The summed E-state index contributed by atoms with van der Waals surface area (Å²) in [5.74, 6) is 0.610. The van der Waals surface area contributed by atoms with E-state index >= 15 is 0 Å². The van der Waals surface area contributed by atoms with Gasteiger partial charge in [-0.05, 0) is 31.0 Å². The lowest BCUT2D eigenvalue weighted by atomic mass is 10.0. The molecule has 0 bridgehead atoms. The van der Waals surface area contributed by atoms with E-state index in [2.05, 4.69) is 10.2 Å². The Hall–Kier alpha value is -1.33. The minimum Gasteiger partial charge on any atom is -0.504 e. The smallest absolute Gasteiger partial charge is 0.161 e. The van der Waals surface area contributed by atoms with Crippen LogP contribution in [0, 0.1) is 0 Å². The maximum absolute atomic E-state index is 12.9. The zero-order chi connectivity index (χ0) is 14.4. The van der Waals surface area contributed by atoms with Gasteiger partial charge in [-0.1, -0.05) is 6.07 Å². The van der Waals surface area contributed by atoms with E-state index in [1.807, 2.05) is 19.1 Å². The van der Waals surface area contributed by atoms with E-state index in [0.29, 0.717) is 18.8 Å². The van der Waals surface area contributed by atoms with E-state index in [1.54, 1.807) is 6.07 Å². The van der Waals surface area contributed by atoms with E-state index < -0.39 is 0 Å². The second kappa shape index (κ2) is 7.45. The molecular formula is C15H23FN2O2. The third kappa shape index (κ3) is 3.61. The molecule has 5 heteroatoms. The van der Waals surface area contributed by atoms with Crippen LogP contribution in [0.15, 0.2) is 18.2 Å². The topological polar surface area (TPSA) is 44.7 Å². The summed E-state index contributed by atoms with van der Waals surface area (Å²) in [4.78, 5) is 2.29. The van der Waals surface area contributed by atoms with Gasteiger partial charge in [0.05, 0.1) is 13.3 Å². The molecule has 0 aliphatic carbocycles. The Bertz CT molecular complexity index is 422. The second-order valence-corrected chi connectivity index (χ2v) is 4.94. The number of phenols is 1. The van der Waals surface area contributed by atoms with E-state index in [-0.39, 0.29) is 18.5 Å². The minimum absolute atomic E-state index is 0.0434. The molecule has 1 saturated heterocycles. The van der Waals surface area contributed by atoms with Crippen molar-refractivity contribution in [2.75, 3.05) is 39.5 Å². The van der Waals surface area contributed by atoms with Gasteiger partial charge in [0.2, 0.25) is 0 Å². The van der Waals surface area contributed by atoms with Gasteiger partial charge >= 0.3 is 0 Å². The van der Waals surface area contributed by atoms with Crippen LogP contribution in [0.1, 0.15) is 24.9 Å². The van der Waals surface area contributed by atoms with E-state index in [9.17, 15) is 9.50 Å². The summed E-state index contributed by atoms with van der Waals surface area (Å²) in [6.45, 7) is 5.71. The summed E-state index contributed by atoms with van der Waals surface area (Å²) in [6, 6.07) is 5.37. The van der Waals surface area contributed by atoms with Gasteiger partial charge in [0.25, 0.3) is 0 Å². The average molecular weight is 282 g/mol. The van der Waals surface area contributed by atoms with Crippen LogP contribution in [-0.4, -0.2) is 49.5 Å². The zero-order valence-electron chi connectivity index (χ0n) is 11.9. The number of halogens is 1. The van der Waals surface area contributed by atoms with E-state index in [4.69, 9.17) is 4.74 Å². The molecule has 0 spiro atoms. The molecule has 2 N–H and O–H groups in total. The maximum atomic E-state index is 12.9. The summed E-state index contributed by atoms with van der Waals surface area (Å²) in [5.41, 5.74) is 1.01. The van der Waals surface area contributed by atoms with Crippen molar-refractivity contribution in [3.63, 3.8) is 0 Å². The first-order chi connectivity index (χ1) is 9.76. The minimum atomic E-state index is -0.348. The summed E-state index contributed by atoms with van der Waals surface area (Å²) in [5, 5.41) is 13.1. The lowest BCUT2D eigenvalue weighted by molar-refractivity contribution is 0.157. The normalized spacial score (nSPS) is 17.9. The highest BCUT2D eigenvalue weighted by Crippen LogP contribution is 2.33. The van der Waals surface area contributed by atoms with Crippen LogP contribution in [0.25, 0.3) is 0 Å². The summed E-state index contributed by atoms with van der Waals surface area (Å²) in [6.07, 6.45) is 0.469. The Morgan fingerprint density at radius 1 is 1.40 bits per heavy atom. The Morgan fingerprint density at radius 3 is 2.80 bits per heavy atom. The van der Waals surface area contributed by atoms with Crippen molar-refractivity contribution in [1.29, 1.82) is 0 Å². The molecule has 112 valence electrons. The molecule has 0 unspecified atom stereocenters. The molecule has 1 atom stereocenters. The molecule has 0 radical (unpaired) electrons. The van der Waals surface area contributed by atoms with Crippen molar-refractivity contribution in [3.05, 3.63) is 23.8 Å². The van der Waals surface area contributed by atoms with Crippen molar-refractivity contribution in [3.8, 4) is 11.5 Å². The number of hydrogen-bond acceptors (Lipinski definition) is 4. The number of rotatable bonds is 6. The number of hydrogen-bond donors (Lipinski definition) is 2. The highest BCUT2D eigenvalue weighted by atomic mass is 19.1. The fourth-order valence-corrected chi connectivity index (χ4v) is 2.67. The van der Waals surface area contributed by atoms with Crippen LogP contribution in [0.3, 0.4) is 0 Å². The monoisotopic (exact) mass is 282 g/mol. The summed E-state index contributed by atoms with van der Waals surface area (Å²) < 4.78 is 18.3. The molecule has 1 aliphatic rings. The maximum Gasteiger partial charge on any atom is 0.161 e. The average Bonchev–Trinajstić information content (AvgIpc) is 2.48. The van der Waals surface area contributed by atoms with Crippen LogP contribution in [0.5, 0.6) is 11.5 Å². The number of phenolic OH excluding ortho intramolecular Hbond substituents is 1. The Labute approximate surface area is 119 Å². The first-order valence-electron chi connectivity index (χ1n) is 7.22. The predicted octanol–water partition coefficient (Wildman–Crippen LogP) is 2.10. The largest absolute Gasteiger partial charge is 0.504 e. The van der Waals surface area contributed by atoms with Crippen LogP contribution in [-0.2, 0) is 0 Å². The lowest BCUT2D eigenvalue weighted by Crippen LogP contribution is -2.45. The number of piperazine rings is 1. The number of nitrogens with one attached hydrogen (secondary N) is 1. The fourth-order valence-electron chi connectivity index (χ4n) is 2.67. The van der Waals surface area contributed by atoms with Gasteiger partial charge in [0.1, 0.15) is 0 Å². The Balaban J connectivity index is 2.21. The van der Waals surface area contributed by atoms with Crippen LogP contribution in [0.2, 0.25) is 0 Å². The van der Waals surface area contributed by atoms with Gasteiger partial charge in [-0.25, -0.2) is 0 Å². The number of nitrogens with zero attached hydrogens (tertiary/aromatic N) is 1. The molecular weight excluding hydrogens is 259 g/mol. The fraction of sp³-hybridized carbons (Fsp3) is 0.600. The summed E-state index contributed by atoms with van der Waals surface area (Å²) >= 11 is 0.